The second-order valence-electron chi connectivity index (χ2n) is 10.6. The summed E-state index contributed by atoms with van der Waals surface area (Å²) in [5.41, 5.74) is 1.22. The first-order chi connectivity index (χ1) is 18.5. The minimum Gasteiger partial charge on any atom is -0.444 e. The van der Waals surface area contributed by atoms with Gasteiger partial charge in [0.1, 0.15) is 5.60 Å². The predicted octanol–water partition coefficient (Wildman–Crippen LogP) is 5.67. The molecule has 9 heteroatoms. The number of benzene rings is 3. The molecule has 4 rings (SSSR count). The molecule has 0 aromatic heterocycles. The van der Waals surface area contributed by atoms with Gasteiger partial charge in [-0.2, -0.15) is 0 Å². The number of carbonyl (C=O) groups is 2. The van der Waals surface area contributed by atoms with Gasteiger partial charge in [0.25, 0.3) is 10.0 Å². The smallest absolute Gasteiger partial charge is 0.410 e. The van der Waals surface area contributed by atoms with Crippen LogP contribution in [0.25, 0.3) is 0 Å². The van der Waals surface area contributed by atoms with Crippen molar-refractivity contribution < 1.29 is 22.7 Å². The molecule has 0 spiro atoms. The van der Waals surface area contributed by atoms with Crippen molar-refractivity contribution >= 4 is 33.4 Å². The highest BCUT2D eigenvalue weighted by Gasteiger charge is 2.30. The number of nitrogens with one attached hydrogen (secondary N) is 1. The molecule has 1 N–H and O–H groups in total. The van der Waals surface area contributed by atoms with E-state index in [1.165, 1.54) is 4.31 Å². The number of nitrogens with zero attached hydrogens (tertiary/aromatic N) is 2. The third-order valence-corrected chi connectivity index (χ3v) is 8.21. The van der Waals surface area contributed by atoms with Gasteiger partial charge in [-0.25, -0.2) is 13.2 Å². The lowest BCUT2D eigenvalue weighted by molar-refractivity contribution is -0.121. The number of carbonyl (C=O) groups excluding carboxylic acids is 2. The molecule has 1 aliphatic heterocycles. The molecular formula is C30H35N3O5S. The van der Waals surface area contributed by atoms with Gasteiger partial charge in [-0.05, 0) is 69.5 Å². The monoisotopic (exact) mass is 549 g/mol. The summed E-state index contributed by atoms with van der Waals surface area (Å²) in [6, 6.07) is 24.5. The van der Waals surface area contributed by atoms with E-state index in [-0.39, 0.29) is 29.4 Å². The highest BCUT2D eigenvalue weighted by molar-refractivity contribution is 7.92. The summed E-state index contributed by atoms with van der Waals surface area (Å²) in [5, 5.41) is 2.95. The lowest BCUT2D eigenvalue weighted by atomic mass is 9.96. The molecule has 0 bridgehead atoms. The van der Waals surface area contributed by atoms with E-state index in [1.54, 1.807) is 59.5 Å². The number of hydrogen-bond donors (Lipinski definition) is 1. The van der Waals surface area contributed by atoms with Gasteiger partial charge in [0.2, 0.25) is 5.91 Å². The van der Waals surface area contributed by atoms with E-state index in [0.29, 0.717) is 37.3 Å². The van der Waals surface area contributed by atoms with Gasteiger partial charge in [-0.3, -0.25) is 9.10 Å². The van der Waals surface area contributed by atoms with Crippen molar-refractivity contribution in [2.45, 2.75) is 50.7 Å². The third-order valence-electron chi connectivity index (χ3n) is 6.42. The average molecular weight is 550 g/mol. The van der Waals surface area contributed by atoms with Crippen LogP contribution in [0.1, 0.15) is 39.2 Å². The summed E-state index contributed by atoms with van der Waals surface area (Å²) < 4.78 is 34.2. The molecule has 2 amide bonds. The Morgan fingerprint density at radius 1 is 0.923 bits per heavy atom. The van der Waals surface area contributed by atoms with Crippen molar-refractivity contribution in [2.75, 3.05) is 22.7 Å². The van der Waals surface area contributed by atoms with Crippen LogP contribution < -0.4 is 9.62 Å². The fourth-order valence-corrected chi connectivity index (χ4v) is 5.88. The minimum absolute atomic E-state index is 0.137. The SMILES string of the molecule is CC(C)(C)OC(=O)N1CCC(C(=O)Nc2cccc(N(Cc3ccccc3)S(=O)(=O)c3ccccc3)c2)CC1. The van der Waals surface area contributed by atoms with Crippen LogP contribution in [0.5, 0.6) is 0 Å². The van der Waals surface area contributed by atoms with Crippen molar-refractivity contribution in [3.8, 4) is 0 Å². The molecule has 3 aromatic rings. The van der Waals surface area contributed by atoms with Crippen LogP contribution in [0.3, 0.4) is 0 Å². The van der Waals surface area contributed by atoms with Gasteiger partial charge in [0.15, 0.2) is 0 Å². The Morgan fingerprint density at radius 2 is 1.54 bits per heavy atom. The summed E-state index contributed by atoms with van der Waals surface area (Å²) >= 11 is 0. The van der Waals surface area contributed by atoms with Gasteiger partial charge in [-0.15, -0.1) is 0 Å². The number of ether oxygens (including phenoxy) is 1. The Hall–Kier alpha value is -3.85. The van der Waals surface area contributed by atoms with Crippen molar-refractivity contribution in [3.05, 3.63) is 90.5 Å². The van der Waals surface area contributed by atoms with Gasteiger partial charge in [0, 0.05) is 24.7 Å². The lowest BCUT2D eigenvalue weighted by Crippen LogP contribution is -2.43. The molecule has 0 saturated carbocycles. The number of sulfonamides is 1. The first kappa shape index (κ1) is 28.2. The van der Waals surface area contributed by atoms with Gasteiger partial charge in [-0.1, -0.05) is 54.6 Å². The molecule has 206 valence electrons. The maximum absolute atomic E-state index is 13.7. The van der Waals surface area contributed by atoms with Crippen LogP contribution >= 0.6 is 0 Å². The number of hydrogen-bond acceptors (Lipinski definition) is 5. The normalized spacial score (nSPS) is 14.5. The zero-order valence-electron chi connectivity index (χ0n) is 22.5. The van der Waals surface area contributed by atoms with E-state index in [4.69, 9.17) is 4.74 Å². The molecular weight excluding hydrogens is 514 g/mol. The maximum atomic E-state index is 13.7. The molecule has 39 heavy (non-hydrogen) atoms. The first-order valence-corrected chi connectivity index (χ1v) is 14.5. The third kappa shape index (κ3) is 7.38. The quantitative estimate of drug-likeness (QED) is 0.410. The van der Waals surface area contributed by atoms with Crippen LogP contribution in [0.15, 0.2) is 89.8 Å². The molecule has 0 aliphatic carbocycles. The zero-order chi connectivity index (χ0) is 28.0. The molecule has 1 heterocycles. The molecule has 0 atom stereocenters. The summed E-state index contributed by atoms with van der Waals surface area (Å²) in [5.74, 6) is -0.419. The standard InChI is InChI=1S/C30H35N3O5S/c1-30(2,3)38-29(35)32-19-17-24(18-20-32)28(34)31-25-13-10-14-26(21-25)33(22-23-11-6-4-7-12-23)39(36,37)27-15-8-5-9-16-27/h4-16,21,24H,17-20,22H2,1-3H3,(H,31,34). The van der Waals surface area contributed by atoms with Gasteiger partial charge in [0.05, 0.1) is 17.1 Å². The molecule has 0 unspecified atom stereocenters. The molecule has 1 saturated heterocycles. The molecule has 8 nitrogen and oxygen atoms in total. The first-order valence-electron chi connectivity index (χ1n) is 13.0. The van der Waals surface area contributed by atoms with E-state index < -0.39 is 15.6 Å². The highest BCUT2D eigenvalue weighted by atomic mass is 32.2. The summed E-state index contributed by atoms with van der Waals surface area (Å²) in [6.45, 7) is 6.49. The Bertz CT molecular complexity index is 1380. The topological polar surface area (TPSA) is 96.0 Å². The number of rotatable bonds is 7. The van der Waals surface area contributed by atoms with E-state index >= 15 is 0 Å². The number of piperidine rings is 1. The van der Waals surface area contributed by atoms with E-state index in [2.05, 4.69) is 5.32 Å². The fraction of sp³-hybridized carbons (Fsp3) is 0.333. The molecule has 1 fully saturated rings. The number of amides is 2. The maximum Gasteiger partial charge on any atom is 0.410 e. The van der Waals surface area contributed by atoms with Crippen LogP contribution in [0.2, 0.25) is 0 Å². The van der Waals surface area contributed by atoms with Crippen LogP contribution in [-0.2, 0) is 26.1 Å². The fourth-order valence-electron chi connectivity index (χ4n) is 4.42. The van der Waals surface area contributed by atoms with Crippen molar-refractivity contribution in [3.63, 3.8) is 0 Å². The Balaban J connectivity index is 1.49. The second kappa shape index (κ2) is 11.9. The molecule has 3 aromatic carbocycles. The van der Waals surface area contributed by atoms with Crippen molar-refractivity contribution in [2.24, 2.45) is 5.92 Å². The highest BCUT2D eigenvalue weighted by Crippen LogP contribution is 2.29. The largest absolute Gasteiger partial charge is 0.444 e. The Kier molecular flexibility index (Phi) is 8.60. The summed E-state index contributed by atoms with van der Waals surface area (Å²) in [4.78, 5) is 27.2. The van der Waals surface area contributed by atoms with Crippen molar-refractivity contribution in [1.29, 1.82) is 0 Å². The van der Waals surface area contributed by atoms with Crippen LogP contribution in [0.4, 0.5) is 16.2 Å². The van der Waals surface area contributed by atoms with Gasteiger partial charge < -0.3 is 15.0 Å². The Morgan fingerprint density at radius 3 is 2.15 bits per heavy atom. The average Bonchev–Trinajstić information content (AvgIpc) is 2.92. The molecule has 1 aliphatic rings. The Labute approximate surface area is 230 Å². The lowest BCUT2D eigenvalue weighted by Gasteiger charge is -2.33. The van der Waals surface area contributed by atoms with Crippen LogP contribution in [0, 0.1) is 5.92 Å². The summed E-state index contributed by atoms with van der Waals surface area (Å²) in [6.07, 6.45) is 0.674. The number of likely N-dealkylation sites (tertiary alicyclic amines) is 1. The van der Waals surface area contributed by atoms with Crippen molar-refractivity contribution in [1.82, 2.24) is 4.90 Å². The molecule has 0 radical (unpaired) electrons. The predicted molar refractivity (Wildman–Crippen MR) is 152 cm³/mol. The van der Waals surface area contributed by atoms with Gasteiger partial charge >= 0.3 is 6.09 Å². The minimum atomic E-state index is -3.87. The zero-order valence-corrected chi connectivity index (χ0v) is 23.4. The number of anilines is 2. The van der Waals surface area contributed by atoms with Crippen LogP contribution in [-0.4, -0.2) is 44.0 Å². The van der Waals surface area contributed by atoms with E-state index in [1.807, 2.05) is 51.1 Å². The summed E-state index contributed by atoms with van der Waals surface area (Å²) in [7, 11) is -3.87. The van der Waals surface area contributed by atoms with E-state index in [0.717, 1.165) is 5.56 Å². The second-order valence-corrected chi connectivity index (χ2v) is 12.5. The van der Waals surface area contributed by atoms with E-state index in [9.17, 15) is 18.0 Å².